The minimum Gasteiger partial charge on any atom is -0.456 e. The van der Waals surface area contributed by atoms with Crippen molar-refractivity contribution >= 4 is 33.8 Å². The van der Waals surface area contributed by atoms with Gasteiger partial charge in [0.05, 0.1) is 6.61 Å². The van der Waals surface area contributed by atoms with Crippen molar-refractivity contribution in [2.24, 2.45) is 0 Å². The van der Waals surface area contributed by atoms with Crippen molar-refractivity contribution < 1.29 is 38.4 Å². The number of aliphatic hydroxyl groups excluding tert-OH is 1. The van der Waals surface area contributed by atoms with Crippen LogP contribution in [0, 0.1) is 0 Å². The third kappa shape index (κ3) is 4.65. The molecule has 0 aromatic carbocycles. The first kappa shape index (κ1) is 18.9. The number of carbonyl (C=O) groups excluding carboxylic acids is 3. The van der Waals surface area contributed by atoms with Crippen LogP contribution in [-0.4, -0.2) is 58.5 Å². The molecule has 1 rings (SSSR count). The van der Waals surface area contributed by atoms with Gasteiger partial charge in [0.25, 0.3) is 0 Å². The van der Waals surface area contributed by atoms with Crippen molar-refractivity contribution in [3.8, 4) is 0 Å². The van der Waals surface area contributed by atoms with Crippen LogP contribution in [0.3, 0.4) is 0 Å². The van der Waals surface area contributed by atoms with Gasteiger partial charge in [-0.15, -0.1) is 0 Å². The molecule has 1 aliphatic heterocycles. The predicted molar refractivity (Wildman–Crippen MR) is 76.0 cm³/mol. The molecule has 8 nitrogen and oxygen atoms in total. The Morgan fingerprint density at radius 2 is 1.50 bits per heavy atom. The average molecular weight is 383 g/mol. The van der Waals surface area contributed by atoms with Crippen LogP contribution in [0.1, 0.15) is 27.7 Å². The molecule has 0 aromatic rings. The van der Waals surface area contributed by atoms with Crippen LogP contribution in [0.4, 0.5) is 0 Å². The lowest BCUT2D eigenvalue weighted by Gasteiger charge is -2.47. The maximum atomic E-state index is 11.4. The Morgan fingerprint density at radius 1 is 1.05 bits per heavy atom. The first-order chi connectivity index (χ1) is 10.1. The number of aliphatic hydroxyl groups is 1. The van der Waals surface area contributed by atoms with Gasteiger partial charge >= 0.3 is 17.9 Å². The number of hydrogen-bond acceptors (Lipinski definition) is 8. The topological polar surface area (TPSA) is 108 Å². The molecule has 0 spiro atoms. The van der Waals surface area contributed by atoms with E-state index in [0.717, 1.165) is 0 Å². The molecule has 0 saturated carbocycles. The van der Waals surface area contributed by atoms with E-state index >= 15 is 0 Å². The molecule has 0 bridgehead atoms. The van der Waals surface area contributed by atoms with E-state index in [0.29, 0.717) is 0 Å². The van der Waals surface area contributed by atoms with Crippen molar-refractivity contribution in [3.05, 3.63) is 0 Å². The Hall–Kier alpha value is -1.19. The van der Waals surface area contributed by atoms with Crippen LogP contribution >= 0.6 is 15.9 Å². The smallest absolute Gasteiger partial charge is 0.303 e. The van der Waals surface area contributed by atoms with E-state index in [1.165, 1.54) is 20.8 Å². The number of rotatable bonds is 4. The molecule has 0 aromatic heterocycles. The maximum absolute atomic E-state index is 11.4. The summed E-state index contributed by atoms with van der Waals surface area (Å²) < 4.78 is 19.8. The Kier molecular flexibility index (Phi) is 6.33. The molecule has 5 atom stereocenters. The summed E-state index contributed by atoms with van der Waals surface area (Å²) in [5, 5.41) is 9.44. The summed E-state index contributed by atoms with van der Waals surface area (Å²) >= 11 is 3.25. The fraction of sp³-hybridized carbons (Fsp3) is 0.769. The van der Waals surface area contributed by atoms with E-state index in [1.807, 2.05) is 0 Å². The first-order valence-corrected chi connectivity index (χ1v) is 7.37. The van der Waals surface area contributed by atoms with Gasteiger partial charge in [-0.2, -0.15) is 0 Å². The largest absolute Gasteiger partial charge is 0.456 e. The van der Waals surface area contributed by atoms with Gasteiger partial charge in [0.1, 0.15) is 6.10 Å². The van der Waals surface area contributed by atoms with Crippen LogP contribution in [-0.2, 0) is 33.3 Å². The molecule has 0 radical (unpaired) electrons. The third-order valence-corrected chi connectivity index (χ3v) is 3.59. The zero-order chi connectivity index (χ0) is 17.1. The second-order valence-electron chi connectivity index (χ2n) is 5.00. The normalized spacial score (nSPS) is 34.6. The van der Waals surface area contributed by atoms with Crippen LogP contribution in [0.15, 0.2) is 0 Å². The van der Waals surface area contributed by atoms with E-state index in [2.05, 4.69) is 15.9 Å². The van der Waals surface area contributed by atoms with Gasteiger partial charge in [-0.3, -0.25) is 14.4 Å². The van der Waals surface area contributed by atoms with E-state index in [4.69, 9.17) is 18.9 Å². The second kappa shape index (κ2) is 7.38. The van der Waals surface area contributed by atoms with Gasteiger partial charge < -0.3 is 24.1 Å². The second-order valence-corrected chi connectivity index (χ2v) is 6.58. The van der Waals surface area contributed by atoms with Crippen molar-refractivity contribution in [2.45, 2.75) is 56.6 Å². The minimum absolute atomic E-state index is 0.482. The van der Waals surface area contributed by atoms with Gasteiger partial charge in [-0.25, -0.2) is 0 Å². The van der Waals surface area contributed by atoms with Crippen molar-refractivity contribution in [1.82, 2.24) is 0 Å². The summed E-state index contributed by atoms with van der Waals surface area (Å²) in [6, 6.07) is 0. The lowest BCUT2D eigenvalue weighted by Crippen LogP contribution is -2.64. The monoisotopic (exact) mass is 382 g/mol. The highest BCUT2D eigenvalue weighted by Gasteiger charge is 2.56. The van der Waals surface area contributed by atoms with Gasteiger partial charge in [0.2, 0.25) is 0 Å². The number of halogens is 1. The minimum atomic E-state index is -1.23. The fourth-order valence-corrected chi connectivity index (χ4v) is 2.85. The van der Waals surface area contributed by atoms with E-state index < -0.39 is 53.4 Å². The van der Waals surface area contributed by atoms with Crippen molar-refractivity contribution in [2.75, 3.05) is 6.61 Å². The van der Waals surface area contributed by atoms with Crippen molar-refractivity contribution in [3.63, 3.8) is 0 Å². The summed E-state index contributed by atoms with van der Waals surface area (Å²) in [4.78, 5) is 33.9. The maximum Gasteiger partial charge on any atom is 0.303 e. The molecule has 1 saturated heterocycles. The quantitative estimate of drug-likeness (QED) is 0.419. The molecule has 22 heavy (non-hydrogen) atoms. The summed E-state index contributed by atoms with van der Waals surface area (Å²) in [6.45, 7) is 4.59. The number of esters is 3. The van der Waals surface area contributed by atoms with Gasteiger partial charge in [0, 0.05) is 20.8 Å². The number of ether oxygens (including phenoxy) is 4. The Balaban J connectivity index is 3.21. The molecular weight excluding hydrogens is 364 g/mol. The zero-order valence-corrected chi connectivity index (χ0v) is 14.3. The molecule has 0 aliphatic carbocycles. The molecule has 0 amide bonds. The molecule has 1 heterocycles. The third-order valence-electron chi connectivity index (χ3n) is 2.96. The Labute approximate surface area is 136 Å². The lowest BCUT2D eigenvalue weighted by atomic mass is 9.95. The number of carbonyl (C=O) groups is 3. The zero-order valence-electron chi connectivity index (χ0n) is 12.7. The highest BCUT2D eigenvalue weighted by molar-refractivity contribution is 9.10. The summed E-state index contributed by atoms with van der Waals surface area (Å²) in [6.07, 6.45) is -4.26. The van der Waals surface area contributed by atoms with Gasteiger partial charge in [-0.05, 0) is 6.92 Å². The molecular formula is C13H19BrO8. The molecule has 1 fully saturated rings. The van der Waals surface area contributed by atoms with E-state index in [9.17, 15) is 19.5 Å². The highest BCUT2D eigenvalue weighted by Crippen LogP contribution is 2.39. The van der Waals surface area contributed by atoms with Crippen molar-refractivity contribution in [1.29, 1.82) is 0 Å². The number of alkyl halides is 1. The molecule has 1 unspecified atom stereocenters. The lowest BCUT2D eigenvalue weighted by molar-refractivity contribution is -0.255. The molecule has 1 N–H and O–H groups in total. The summed E-state index contributed by atoms with van der Waals surface area (Å²) in [7, 11) is 0. The van der Waals surface area contributed by atoms with E-state index in [-0.39, 0.29) is 0 Å². The molecule has 1 aliphatic rings. The van der Waals surface area contributed by atoms with Crippen LogP contribution in [0.2, 0.25) is 0 Å². The molecule has 126 valence electrons. The van der Waals surface area contributed by atoms with Crippen LogP contribution < -0.4 is 0 Å². The Morgan fingerprint density at radius 3 is 1.91 bits per heavy atom. The summed E-state index contributed by atoms with van der Waals surface area (Å²) in [5.41, 5.74) is 0. The van der Waals surface area contributed by atoms with Gasteiger partial charge in [0.15, 0.2) is 22.8 Å². The average Bonchev–Trinajstić information content (AvgIpc) is 2.35. The fourth-order valence-electron chi connectivity index (χ4n) is 2.25. The Bertz CT molecular complexity index is 449. The summed E-state index contributed by atoms with van der Waals surface area (Å²) in [5.74, 6) is -1.93. The molecule has 9 heteroatoms. The van der Waals surface area contributed by atoms with E-state index in [1.54, 1.807) is 6.92 Å². The van der Waals surface area contributed by atoms with Crippen LogP contribution in [0.25, 0.3) is 0 Å². The highest BCUT2D eigenvalue weighted by atomic mass is 79.9. The first-order valence-electron chi connectivity index (χ1n) is 6.57. The standard InChI is InChI=1S/C13H19BrO8/c1-6(16)19-10-9(5-15)22-13(4,14)12(21-8(3)18)11(10)20-7(2)17/h9-12,15H,5H2,1-4H3/t9-,10-,11+,12-,13?/m1/s1. The number of hydrogen-bond donors (Lipinski definition) is 1. The SMILES string of the molecule is CC(=O)O[C@H]1[C@H](OC(C)=O)[C@@H](CO)OC(C)(Br)[C@@H]1OC(C)=O. The van der Waals surface area contributed by atoms with Crippen LogP contribution in [0.5, 0.6) is 0 Å². The van der Waals surface area contributed by atoms with Gasteiger partial charge in [-0.1, -0.05) is 15.9 Å². The predicted octanol–water partition coefficient (Wildman–Crippen LogP) is 0.284.